The van der Waals surface area contributed by atoms with Crippen molar-refractivity contribution in [1.82, 2.24) is 9.13 Å². The SMILES string of the molecule is C=C/C=C\c1sc2cc(-c3ccc4c(c3)c3ccccc3n4-c3ccccc3)c3c4ccccc4n(-c4ccccc4)c3c2c1C. The Labute approximate surface area is 271 Å². The quantitative estimate of drug-likeness (QED) is 0.173. The highest BCUT2D eigenvalue weighted by Gasteiger charge is 2.23. The largest absolute Gasteiger partial charge is 0.309 e. The van der Waals surface area contributed by atoms with E-state index in [1.165, 1.54) is 86.6 Å². The monoisotopic (exact) mass is 606 g/mol. The molecule has 3 heterocycles. The van der Waals surface area contributed by atoms with Gasteiger partial charge in [0.2, 0.25) is 0 Å². The van der Waals surface area contributed by atoms with Crippen LogP contribution in [-0.2, 0) is 0 Å². The van der Waals surface area contributed by atoms with Gasteiger partial charge < -0.3 is 9.13 Å². The van der Waals surface area contributed by atoms with Crippen molar-refractivity contribution in [1.29, 1.82) is 0 Å². The molecule has 218 valence electrons. The summed E-state index contributed by atoms with van der Waals surface area (Å²) in [6, 6.07) is 48.5. The molecule has 3 heteroatoms. The van der Waals surface area contributed by atoms with Gasteiger partial charge in [0.15, 0.2) is 0 Å². The molecule has 0 aliphatic carbocycles. The van der Waals surface area contributed by atoms with Crippen molar-refractivity contribution >= 4 is 71.1 Å². The summed E-state index contributed by atoms with van der Waals surface area (Å²) in [5, 5.41) is 6.39. The van der Waals surface area contributed by atoms with Gasteiger partial charge in [0.25, 0.3) is 0 Å². The van der Waals surface area contributed by atoms with Crippen LogP contribution in [0.1, 0.15) is 10.4 Å². The van der Waals surface area contributed by atoms with Crippen LogP contribution >= 0.6 is 11.3 Å². The van der Waals surface area contributed by atoms with E-state index in [1.54, 1.807) is 0 Å². The highest BCUT2D eigenvalue weighted by atomic mass is 32.1. The topological polar surface area (TPSA) is 9.86 Å². The van der Waals surface area contributed by atoms with Gasteiger partial charge in [0, 0.05) is 47.9 Å². The van der Waals surface area contributed by atoms with Gasteiger partial charge in [0.1, 0.15) is 0 Å². The van der Waals surface area contributed by atoms with Crippen LogP contribution in [0.5, 0.6) is 0 Å². The van der Waals surface area contributed by atoms with Gasteiger partial charge in [0.05, 0.1) is 22.1 Å². The van der Waals surface area contributed by atoms with Gasteiger partial charge in [-0.2, -0.15) is 0 Å². The smallest absolute Gasteiger partial charge is 0.0637 e. The number of para-hydroxylation sites is 4. The van der Waals surface area contributed by atoms with Crippen LogP contribution in [0.3, 0.4) is 0 Å². The zero-order valence-electron chi connectivity index (χ0n) is 25.4. The van der Waals surface area contributed by atoms with E-state index in [9.17, 15) is 0 Å². The Kier molecular flexibility index (Phi) is 6.09. The first-order valence-electron chi connectivity index (χ1n) is 15.7. The van der Waals surface area contributed by atoms with Crippen LogP contribution in [0, 0.1) is 6.92 Å². The summed E-state index contributed by atoms with van der Waals surface area (Å²) in [6.07, 6.45) is 6.09. The molecule has 9 aromatic rings. The van der Waals surface area contributed by atoms with E-state index in [0.29, 0.717) is 0 Å². The third-order valence-electron chi connectivity index (χ3n) is 9.26. The van der Waals surface area contributed by atoms with Gasteiger partial charge in [-0.1, -0.05) is 97.6 Å². The van der Waals surface area contributed by atoms with Crippen molar-refractivity contribution in [2.75, 3.05) is 0 Å². The summed E-state index contributed by atoms with van der Waals surface area (Å²) < 4.78 is 6.14. The minimum atomic E-state index is 1.17. The summed E-state index contributed by atoms with van der Waals surface area (Å²) in [5.74, 6) is 0. The minimum absolute atomic E-state index is 1.17. The minimum Gasteiger partial charge on any atom is -0.309 e. The summed E-state index contributed by atoms with van der Waals surface area (Å²) in [6.45, 7) is 6.19. The van der Waals surface area contributed by atoms with Gasteiger partial charge in [-0.3, -0.25) is 0 Å². The number of allylic oxidation sites excluding steroid dienone is 2. The molecule has 2 nitrogen and oxygen atoms in total. The van der Waals surface area contributed by atoms with Crippen LogP contribution in [0.2, 0.25) is 0 Å². The number of hydrogen-bond donors (Lipinski definition) is 0. The number of rotatable bonds is 5. The average molecular weight is 607 g/mol. The number of aryl methyl sites for hydroxylation is 1. The van der Waals surface area contributed by atoms with Crippen LogP contribution in [0.15, 0.2) is 152 Å². The molecular formula is C43H30N2S. The molecular weight excluding hydrogens is 577 g/mol. The summed E-state index contributed by atoms with van der Waals surface area (Å²) in [4.78, 5) is 1.26. The summed E-state index contributed by atoms with van der Waals surface area (Å²) in [7, 11) is 0. The molecule has 0 saturated carbocycles. The lowest BCUT2D eigenvalue weighted by Gasteiger charge is -2.12. The normalized spacial score (nSPS) is 12.0. The van der Waals surface area contributed by atoms with Gasteiger partial charge in [-0.15, -0.1) is 11.3 Å². The number of aromatic nitrogens is 2. The maximum absolute atomic E-state index is 3.93. The summed E-state index contributed by atoms with van der Waals surface area (Å²) >= 11 is 1.86. The highest BCUT2D eigenvalue weighted by molar-refractivity contribution is 7.20. The van der Waals surface area contributed by atoms with Crippen molar-refractivity contribution in [2.45, 2.75) is 6.92 Å². The zero-order chi connectivity index (χ0) is 30.8. The second kappa shape index (κ2) is 10.5. The molecule has 0 radical (unpaired) electrons. The van der Waals surface area contributed by atoms with E-state index in [2.05, 4.69) is 162 Å². The Morgan fingerprint density at radius 3 is 1.91 bits per heavy atom. The molecule has 46 heavy (non-hydrogen) atoms. The Hall–Kier alpha value is -5.64. The molecule has 0 spiro atoms. The van der Waals surface area contributed by atoms with Crippen LogP contribution in [0.4, 0.5) is 0 Å². The fraction of sp³-hybridized carbons (Fsp3) is 0.0233. The highest BCUT2D eigenvalue weighted by Crippen LogP contribution is 2.47. The molecule has 0 unspecified atom stereocenters. The molecule has 0 aliphatic rings. The van der Waals surface area contributed by atoms with Crippen LogP contribution < -0.4 is 0 Å². The number of nitrogens with zero attached hydrogens (tertiary/aromatic N) is 2. The van der Waals surface area contributed by atoms with E-state index in [1.807, 2.05) is 23.5 Å². The van der Waals surface area contributed by atoms with Crippen molar-refractivity contribution in [2.24, 2.45) is 0 Å². The first-order chi connectivity index (χ1) is 22.7. The first-order valence-corrected chi connectivity index (χ1v) is 16.5. The van der Waals surface area contributed by atoms with E-state index in [0.717, 1.165) is 0 Å². The Balaban J connectivity index is 1.43. The fourth-order valence-electron chi connectivity index (χ4n) is 7.29. The Morgan fingerprint density at radius 2 is 1.20 bits per heavy atom. The Morgan fingerprint density at radius 1 is 0.587 bits per heavy atom. The fourth-order valence-corrected chi connectivity index (χ4v) is 8.45. The molecule has 0 aliphatic heterocycles. The number of benzene rings is 6. The van der Waals surface area contributed by atoms with E-state index in [4.69, 9.17) is 0 Å². The first kappa shape index (κ1) is 26.7. The molecule has 6 aromatic carbocycles. The van der Waals surface area contributed by atoms with Crippen molar-refractivity contribution in [3.63, 3.8) is 0 Å². The molecule has 9 rings (SSSR count). The molecule has 0 bridgehead atoms. The van der Waals surface area contributed by atoms with Gasteiger partial charge in [-0.05, 0) is 84.3 Å². The number of hydrogen-bond acceptors (Lipinski definition) is 1. The molecule has 0 fully saturated rings. The Bertz CT molecular complexity index is 2650. The third-order valence-corrected chi connectivity index (χ3v) is 10.5. The van der Waals surface area contributed by atoms with Crippen molar-refractivity contribution in [3.05, 3.63) is 163 Å². The molecule has 0 amide bonds. The van der Waals surface area contributed by atoms with E-state index < -0.39 is 0 Å². The molecule has 0 saturated heterocycles. The van der Waals surface area contributed by atoms with E-state index in [-0.39, 0.29) is 0 Å². The van der Waals surface area contributed by atoms with Crippen LogP contribution in [0.25, 0.3) is 82.3 Å². The second-order valence-electron chi connectivity index (χ2n) is 11.8. The lowest BCUT2D eigenvalue weighted by molar-refractivity contribution is 1.18. The average Bonchev–Trinajstić information content (AvgIpc) is 3.74. The molecule has 0 N–H and O–H groups in total. The number of fused-ring (bicyclic) bond motifs is 8. The maximum Gasteiger partial charge on any atom is 0.0637 e. The van der Waals surface area contributed by atoms with Gasteiger partial charge in [-0.25, -0.2) is 0 Å². The van der Waals surface area contributed by atoms with Gasteiger partial charge >= 0.3 is 0 Å². The number of thiophene rings is 1. The summed E-state index contributed by atoms with van der Waals surface area (Å²) in [5.41, 5.74) is 11.0. The van der Waals surface area contributed by atoms with Crippen molar-refractivity contribution in [3.8, 4) is 22.5 Å². The maximum atomic E-state index is 3.93. The molecule has 3 aromatic heterocycles. The third kappa shape index (κ3) is 3.89. The second-order valence-corrected chi connectivity index (χ2v) is 12.9. The zero-order valence-corrected chi connectivity index (χ0v) is 26.3. The molecule has 0 atom stereocenters. The van der Waals surface area contributed by atoms with Crippen molar-refractivity contribution < 1.29 is 0 Å². The predicted molar refractivity (Wildman–Crippen MR) is 200 cm³/mol. The predicted octanol–water partition coefficient (Wildman–Crippen LogP) is 12.3. The lowest BCUT2D eigenvalue weighted by Crippen LogP contribution is -1.94. The van der Waals surface area contributed by atoms with E-state index >= 15 is 0 Å². The van der Waals surface area contributed by atoms with Crippen LogP contribution in [-0.4, -0.2) is 9.13 Å². The lowest BCUT2D eigenvalue weighted by atomic mass is 9.95. The standard InChI is InChI=1S/C43H30N2S/c1-3-4-23-39-28(2)41-40(46-39)27-34(42-33-20-12-14-22-37(33)45(43(41)42)31-17-9-6-10-18-31)29-24-25-38-35(26-29)32-19-11-13-21-36(32)44(38)30-15-7-5-8-16-30/h3-27H,1H2,2H3/b23-4-.